The summed E-state index contributed by atoms with van der Waals surface area (Å²) in [6.07, 6.45) is 2.72. The van der Waals surface area contributed by atoms with Crippen LogP contribution >= 0.6 is 27.3 Å². The smallest absolute Gasteiger partial charge is 0.410 e. The molecule has 1 fully saturated rings. The van der Waals surface area contributed by atoms with Gasteiger partial charge in [-0.25, -0.2) is 4.79 Å². The number of hydrogen-bond donors (Lipinski definition) is 1. The van der Waals surface area contributed by atoms with Gasteiger partial charge in [-0.15, -0.1) is 11.3 Å². The number of amides is 2. The van der Waals surface area contributed by atoms with E-state index in [1.165, 1.54) is 15.9 Å². The quantitative estimate of drug-likeness (QED) is 0.729. The van der Waals surface area contributed by atoms with Crippen molar-refractivity contribution in [2.24, 2.45) is 7.05 Å². The van der Waals surface area contributed by atoms with Crippen LogP contribution in [0.3, 0.4) is 0 Å². The first-order chi connectivity index (χ1) is 13.0. The van der Waals surface area contributed by atoms with Gasteiger partial charge in [0, 0.05) is 32.4 Å². The molecule has 0 radical (unpaired) electrons. The number of ether oxygens (including phenoxy) is 1. The summed E-state index contributed by atoms with van der Waals surface area (Å²) >= 11 is 4.75. The van der Waals surface area contributed by atoms with Crippen molar-refractivity contribution in [1.29, 1.82) is 0 Å². The van der Waals surface area contributed by atoms with Crippen LogP contribution in [0, 0.1) is 0 Å². The zero-order valence-corrected chi connectivity index (χ0v) is 18.8. The lowest BCUT2D eigenvalue weighted by atomic mass is 10.1. The minimum atomic E-state index is -0.519. The molecule has 0 unspecified atom stereocenters. The van der Waals surface area contributed by atoms with E-state index in [2.05, 4.69) is 21.2 Å². The zero-order valence-electron chi connectivity index (χ0n) is 16.4. The van der Waals surface area contributed by atoms with Gasteiger partial charge in [-0.2, -0.15) is 0 Å². The minimum Gasteiger partial charge on any atom is -0.444 e. The van der Waals surface area contributed by atoms with Gasteiger partial charge in [0.15, 0.2) is 0 Å². The molecule has 3 rings (SSSR count). The fourth-order valence-electron chi connectivity index (χ4n) is 3.11. The maximum absolute atomic E-state index is 12.7. The molecule has 0 atom stereocenters. The highest BCUT2D eigenvalue weighted by molar-refractivity contribution is 9.10. The summed E-state index contributed by atoms with van der Waals surface area (Å²) in [6.45, 7) is 6.61. The number of hydrogen-bond acceptors (Lipinski definition) is 5. The van der Waals surface area contributed by atoms with Crippen LogP contribution in [-0.2, 0) is 11.8 Å². The summed E-state index contributed by atoms with van der Waals surface area (Å²) in [5, 5.41) is 3.56. The summed E-state index contributed by atoms with van der Waals surface area (Å²) in [6, 6.07) is 1.64. The lowest BCUT2D eigenvalue weighted by Crippen LogP contribution is -2.47. The first-order valence-corrected chi connectivity index (χ1v) is 10.7. The third kappa shape index (κ3) is 4.57. The molecule has 1 aliphatic rings. The number of pyridine rings is 1. The molecule has 0 spiro atoms. The molecule has 1 N–H and O–H groups in total. The molecule has 1 saturated heterocycles. The maximum atomic E-state index is 12.7. The fourth-order valence-corrected chi connectivity index (χ4v) is 4.82. The molecule has 28 heavy (non-hydrogen) atoms. The Morgan fingerprint density at radius 2 is 1.93 bits per heavy atom. The Hall–Kier alpha value is -1.87. The van der Waals surface area contributed by atoms with Gasteiger partial charge in [-0.05, 0) is 55.6 Å². The molecule has 1 aliphatic heterocycles. The van der Waals surface area contributed by atoms with Crippen molar-refractivity contribution in [3.8, 4) is 0 Å². The number of piperidine rings is 1. The number of carbonyl (C=O) groups excluding carboxylic acids is 2. The Balaban J connectivity index is 1.63. The first kappa shape index (κ1) is 20.9. The molecule has 0 aliphatic carbocycles. The van der Waals surface area contributed by atoms with Crippen molar-refractivity contribution in [3.05, 3.63) is 32.0 Å². The van der Waals surface area contributed by atoms with Crippen molar-refractivity contribution < 1.29 is 14.3 Å². The molecular formula is C19H24BrN3O4S. The molecule has 0 aromatic carbocycles. The molecule has 9 heteroatoms. The second kappa shape index (κ2) is 7.87. The van der Waals surface area contributed by atoms with Gasteiger partial charge in [0.2, 0.25) is 0 Å². The van der Waals surface area contributed by atoms with E-state index in [9.17, 15) is 14.4 Å². The van der Waals surface area contributed by atoms with Gasteiger partial charge in [0.25, 0.3) is 11.5 Å². The summed E-state index contributed by atoms with van der Waals surface area (Å²) in [5.74, 6) is -0.189. The molecule has 2 aromatic rings. The Bertz CT molecular complexity index is 968. The largest absolute Gasteiger partial charge is 0.444 e. The van der Waals surface area contributed by atoms with Crippen LogP contribution < -0.4 is 10.9 Å². The Labute approximate surface area is 175 Å². The van der Waals surface area contributed by atoms with E-state index in [1.54, 1.807) is 24.2 Å². The molecule has 3 heterocycles. The van der Waals surface area contributed by atoms with Crippen LogP contribution in [0.2, 0.25) is 0 Å². The highest BCUT2D eigenvalue weighted by Gasteiger charge is 2.28. The maximum Gasteiger partial charge on any atom is 0.410 e. The van der Waals surface area contributed by atoms with Crippen LogP contribution in [0.5, 0.6) is 0 Å². The number of carbonyl (C=O) groups is 2. The number of nitrogens with one attached hydrogen (secondary N) is 1. The van der Waals surface area contributed by atoms with Gasteiger partial charge < -0.3 is 19.5 Å². The number of halogens is 1. The van der Waals surface area contributed by atoms with Gasteiger partial charge in [-0.1, -0.05) is 0 Å². The van der Waals surface area contributed by atoms with Crippen LogP contribution in [0.15, 0.2) is 21.5 Å². The molecule has 0 bridgehead atoms. The number of thiophene rings is 1. The second-order valence-corrected chi connectivity index (χ2v) is 9.87. The minimum absolute atomic E-state index is 0.0114. The standard InChI is InChI=1S/C19H24BrN3O4S/c1-19(2,3)27-18(26)23-7-5-11(6-8-23)21-16(24)14-9-12-15(28-14)13(20)10-22(4)17(12)25/h9-11H,5-8H2,1-4H3,(H,21,24). The van der Waals surface area contributed by atoms with E-state index in [0.29, 0.717) is 36.2 Å². The topological polar surface area (TPSA) is 80.6 Å². The Morgan fingerprint density at radius 3 is 2.54 bits per heavy atom. The van der Waals surface area contributed by atoms with E-state index >= 15 is 0 Å². The molecule has 152 valence electrons. The number of aryl methyl sites for hydroxylation is 1. The van der Waals surface area contributed by atoms with Gasteiger partial charge >= 0.3 is 6.09 Å². The van der Waals surface area contributed by atoms with Gasteiger partial charge in [-0.3, -0.25) is 9.59 Å². The number of likely N-dealkylation sites (tertiary alicyclic amines) is 1. The van der Waals surface area contributed by atoms with Crippen molar-refractivity contribution in [2.75, 3.05) is 13.1 Å². The predicted molar refractivity (Wildman–Crippen MR) is 113 cm³/mol. The van der Waals surface area contributed by atoms with E-state index < -0.39 is 5.60 Å². The Morgan fingerprint density at radius 1 is 1.29 bits per heavy atom. The van der Waals surface area contributed by atoms with E-state index in [1.807, 2.05) is 20.8 Å². The second-order valence-electron chi connectivity index (χ2n) is 7.96. The van der Waals surface area contributed by atoms with Crippen molar-refractivity contribution >= 4 is 49.4 Å². The van der Waals surface area contributed by atoms with Crippen LogP contribution in [0.1, 0.15) is 43.3 Å². The molecule has 2 amide bonds. The number of fused-ring (bicyclic) bond motifs is 1. The van der Waals surface area contributed by atoms with Crippen molar-refractivity contribution in [3.63, 3.8) is 0 Å². The van der Waals surface area contributed by atoms with E-state index in [0.717, 1.165) is 9.17 Å². The predicted octanol–water partition coefficient (Wildman–Crippen LogP) is 3.49. The number of rotatable bonds is 2. The normalized spacial score (nSPS) is 15.7. The SMILES string of the molecule is Cn1cc(Br)c2sc(C(=O)NC3CCN(C(=O)OC(C)(C)C)CC3)cc2c1=O. The van der Waals surface area contributed by atoms with Crippen LogP contribution in [0.25, 0.3) is 10.1 Å². The third-order valence-corrected chi connectivity index (χ3v) is 6.54. The zero-order chi connectivity index (χ0) is 20.6. The summed E-state index contributed by atoms with van der Waals surface area (Å²) in [7, 11) is 1.68. The number of nitrogens with zero attached hydrogens (tertiary/aromatic N) is 2. The monoisotopic (exact) mass is 469 g/mol. The highest BCUT2D eigenvalue weighted by atomic mass is 79.9. The fraction of sp³-hybridized carbons (Fsp3) is 0.526. The molecule has 0 saturated carbocycles. The summed E-state index contributed by atoms with van der Waals surface area (Å²) in [5.41, 5.74) is -0.645. The van der Waals surface area contributed by atoms with Gasteiger partial charge in [0.05, 0.1) is 19.4 Å². The molecule has 2 aromatic heterocycles. The third-order valence-electron chi connectivity index (χ3n) is 4.51. The summed E-state index contributed by atoms with van der Waals surface area (Å²) in [4.78, 5) is 39.3. The van der Waals surface area contributed by atoms with Crippen molar-refractivity contribution in [2.45, 2.75) is 45.3 Å². The van der Waals surface area contributed by atoms with Crippen LogP contribution in [0.4, 0.5) is 4.79 Å². The van der Waals surface area contributed by atoms with E-state index in [4.69, 9.17) is 4.74 Å². The van der Waals surface area contributed by atoms with Gasteiger partial charge in [0.1, 0.15) is 5.60 Å². The first-order valence-electron chi connectivity index (χ1n) is 9.12. The van der Waals surface area contributed by atoms with Crippen LogP contribution in [-0.4, -0.2) is 46.2 Å². The molecular weight excluding hydrogens is 446 g/mol. The molecule has 7 nitrogen and oxygen atoms in total. The summed E-state index contributed by atoms with van der Waals surface area (Å²) < 4.78 is 8.45. The lowest BCUT2D eigenvalue weighted by molar-refractivity contribution is 0.0200. The highest BCUT2D eigenvalue weighted by Crippen LogP contribution is 2.30. The Kier molecular flexibility index (Phi) is 5.86. The lowest BCUT2D eigenvalue weighted by Gasteiger charge is -2.33. The average molecular weight is 470 g/mol. The number of aromatic nitrogens is 1. The van der Waals surface area contributed by atoms with E-state index in [-0.39, 0.29) is 23.6 Å². The van der Waals surface area contributed by atoms with Crippen molar-refractivity contribution in [1.82, 2.24) is 14.8 Å². The average Bonchev–Trinajstić information content (AvgIpc) is 3.05.